The highest BCUT2D eigenvalue weighted by atomic mass is 16.8. The lowest BCUT2D eigenvalue weighted by Crippen LogP contribution is -2.68. The number of carboxylic acid groups (broad SMARTS) is 1. The molecule has 33 unspecified atom stereocenters. The first-order chi connectivity index (χ1) is 48.6. The molecule has 0 bridgehead atoms. The van der Waals surface area contributed by atoms with Gasteiger partial charge in [-0.2, -0.15) is 0 Å². The summed E-state index contributed by atoms with van der Waals surface area (Å²) in [5.74, 6) is -0.767. The monoisotopic (exact) mass is 1470 g/mol. The summed E-state index contributed by atoms with van der Waals surface area (Å²) >= 11 is 0. The van der Waals surface area contributed by atoms with Crippen LogP contribution in [0.3, 0.4) is 0 Å². The lowest BCUT2D eigenvalue weighted by molar-refractivity contribution is -0.374. The van der Waals surface area contributed by atoms with E-state index in [1.54, 1.807) is 6.92 Å². The van der Waals surface area contributed by atoms with Crippen LogP contribution < -0.4 is 0 Å². The molecule has 27 heteroatoms. The Morgan fingerprint density at radius 2 is 1.08 bits per heavy atom. The molecule has 27 nitrogen and oxygen atoms in total. The molecule has 0 amide bonds. The summed E-state index contributed by atoms with van der Waals surface area (Å²) in [6, 6.07) is 0. The van der Waals surface area contributed by atoms with E-state index in [0.717, 1.165) is 43.6 Å². The zero-order valence-electron chi connectivity index (χ0n) is 62.0. The SMILES string of the molecule is CC1OC(OC2CCC3(C)C(CCC4(C)C3CC=C3C5CC(C)(C)CCC5(C(=O)OC5OCC(O)C(O)C5OC5OC(C)C(OC6OC(CO)C(O)C(O)C6O)C(O)C5O)C(O)CC34C)C2(C)C)C(O)C(O)C1OC1OCC(O)C(O)C1O.O=C(O)CCCCCCCCCCCCC1C=CCC1. The number of carbonyl (C=O) groups excluding carboxylic acids is 1. The minimum absolute atomic E-state index is 0.129. The average molecular weight is 1470 g/mol. The van der Waals surface area contributed by atoms with Crippen molar-refractivity contribution < 1.29 is 134 Å². The molecule has 11 aliphatic rings. The average Bonchev–Trinajstić information content (AvgIpc) is 1.02. The van der Waals surface area contributed by atoms with Crippen LogP contribution in [0.4, 0.5) is 0 Å². The van der Waals surface area contributed by atoms with Crippen LogP contribution in [0, 0.1) is 56.2 Å². The van der Waals surface area contributed by atoms with Gasteiger partial charge in [0.25, 0.3) is 0 Å². The number of carboxylic acids is 1. The van der Waals surface area contributed by atoms with Gasteiger partial charge in [-0.1, -0.05) is 130 Å². The van der Waals surface area contributed by atoms with Crippen molar-refractivity contribution in [3.8, 4) is 0 Å². The molecular weight excluding hydrogens is 1340 g/mol. The van der Waals surface area contributed by atoms with E-state index in [4.69, 9.17) is 52.5 Å². The van der Waals surface area contributed by atoms with Crippen LogP contribution in [-0.2, 0) is 57.0 Å². The minimum atomic E-state index is -1.93. The van der Waals surface area contributed by atoms with Crippen LogP contribution in [0.1, 0.15) is 210 Å². The fourth-order valence-corrected chi connectivity index (χ4v) is 20.5. The third-order valence-corrected chi connectivity index (χ3v) is 27.0. The van der Waals surface area contributed by atoms with Gasteiger partial charge in [-0.05, 0) is 148 Å². The largest absolute Gasteiger partial charge is 0.481 e. The summed E-state index contributed by atoms with van der Waals surface area (Å²) in [6.07, 6.45) is -7.33. The fraction of sp³-hybridized carbons (Fsp3) is 0.921. The van der Waals surface area contributed by atoms with Crippen molar-refractivity contribution in [1.29, 1.82) is 0 Å². The zero-order chi connectivity index (χ0) is 75.1. The number of hydrogen-bond acceptors (Lipinski definition) is 26. The maximum Gasteiger partial charge on any atom is 0.317 e. The number of ether oxygens (including phenoxy) is 10. The molecule has 0 aromatic carbocycles. The van der Waals surface area contributed by atoms with E-state index >= 15 is 4.79 Å². The van der Waals surface area contributed by atoms with Crippen LogP contribution in [0.15, 0.2) is 23.8 Å². The molecule has 4 saturated carbocycles. The Morgan fingerprint density at radius 1 is 0.534 bits per heavy atom. The van der Waals surface area contributed by atoms with Crippen LogP contribution in [0.2, 0.25) is 0 Å². The molecule has 11 rings (SSSR count). The van der Waals surface area contributed by atoms with Crippen molar-refractivity contribution >= 4 is 11.9 Å². The van der Waals surface area contributed by atoms with E-state index in [1.807, 2.05) is 0 Å². The number of aliphatic carboxylic acids is 1. The molecule has 0 aromatic rings. The van der Waals surface area contributed by atoms with Gasteiger partial charge in [0.05, 0.1) is 44.2 Å². The summed E-state index contributed by atoms with van der Waals surface area (Å²) in [6.45, 7) is 17.2. The highest BCUT2D eigenvalue weighted by Gasteiger charge is 2.72. The normalized spacial score (nSPS) is 47.9. The van der Waals surface area contributed by atoms with Gasteiger partial charge < -0.3 is 124 Å². The molecule has 9 fully saturated rings. The van der Waals surface area contributed by atoms with Gasteiger partial charge in [0.1, 0.15) is 97.0 Å². The Balaban J connectivity index is 0.000000493. The van der Waals surface area contributed by atoms with E-state index in [0.29, 0.717) is 32.1 Å². The first kappa shape index (κ1) is 83.0. The van der Waals surface area contributed by atoms with E-state index in [1.165, 1.54) is 77.6 Å². The molecule has 0 radical (unpaired) electrons. The molecule has 5 aliphatic heterocycles. The van der Waals surface area contributed by atoms with Gasteiger partial charge in [0.2, 0.25) is 6.29 Å². The summed E-state index contributed by atoms with van der Waals surface area (Å²) < 4.78 is 59.6. The van der Waals surface area contributed by atoms with Crippen molar-refractivity contribution in [3.63, 3.8) is 0 Å². The number of aliphatic hydroxyl groups excluding tert-OH is 14. The van der Waals surface area contributed by atoms with Crippen LogP contribution in [0.25, 0.3) is 0 Å². The number of aliphatic hydroxyl groups is 14. The van der Waals surface area contributed by atoms with Crippen molar-refractivity contribution in [2.45, 2.75) is 364 Å². The van der Waals surface area contributed by atoms with Gasteiger partial charge in [-0.15, -0.1) is 0 Å². The number of esters is 1. The fourth-order valence-electron chi connectivity index (χ4n) is 20.5. The van der Waals surface area contributed by atoms with Crippen LogP contribution in [0.5, 0.6) is 0 Å². The third-order valence-electron chi connectivity index (χ3n) is 27.0. The smallest absolute Gasteiger partial charge is 0.317 e. The Bertz CT molecular complexity index is 2830. The molecule has 0 spiro atoms. The maximum atomic E-state index is 15.4. The topological polar surface area (TPSA) is 430 Å². The van der Waals surface area contributed by atoms with E-state index in [-0.39, 0.29) is 47.5 Å². The van der Waals surface area contributed by atoms with E-state index in [2.05, 4.69) is 66.7 Å². The van der Waals surface area contributed by atoms with Gasteiger partial charge in [-0.3, -0.25) is 9.59 Å². The number of allylic oxidation sites excluding steroid dienone is 4. The lowest BCUT2D eigenvalue weighted by atomic mass is 9.33. The lowest BCUT2D eigenvalue weighted by Gasteiger charge is -2.71. The van der Waals surface area contributed by atoms with Crippen LogP contribution >= 0.6 is 0 Å². The zero-order valence-corrected chi connectivity index (χ0v) is 62.0. The molecule has 592 valence electrons. The summed E-state index contributed by atoms with van der Waals surface area (Å²) in [4.78, 5) is 25.7. The number of hydrogen-bond donors (Lipinski definition) is 15. The van der Waals surface area contributed by atoms with Gasteiger partial charge in [-0.25, -0.2) is 0 Å². The molecule has 0 aromatic heterocycles. The number of fused-ring (bicyclic) bond motifs is 7. The Kier molecular flexibility index (Phi) is 27.4. The van der Waals surface area contributed by atoms with Crippen molar-refractivity contribution in [2.24, 2.45) is 56.2 Å². The summed E-state index contributed by atoms with van der Waals surface area (Å²) in [5.41, 5.74) is -2.28. The van der Waals surface area contributed by atoms with Crippen LogP contribution in [-0.4, -0.2) is 262 Å². The second-order valence-corrected chi connectivity index (χ2v) is 34.5. The van der Waals surface area contributed by atoms with Gasteiger partial charge in [0.15, 0.2) is 31.3 Å². The highest BCUT2D eigenvalue weighted by Crippen LogP contribution is 2.76. The Labute approximate surface area is 606 Å². The Hall–Kier alpha value is -2.50. The quantitative estimate of drug-likeness (QED) is 0.0283. The van der Waals surface area contributed by atoms with E-state index in [9.17, 15) is 76.3 Å². The molecule has 33 atom stereocenters. The number of rotatable bonds is 24. The predicted molar refractivity (Wildman–Crippen MR) is 367 cm³/mol. The molecule has 15 N–H and O–H groups in total. The molecule has 5 heterocycles. The second-order valence-electron chi connectivity index (χ2n) is 34.5. The van der Waals surface area contributed by atoms with Crippen molar-refractivity contribution in [2.75, 3.05) is 19.8 Å². The van der Waals surface area contributed by atoms with Gasteiger partial charge >= 0.3 is 11.9 Å². The molecule has 6 aliphatic carbocycles. The predicted octanol–water partition coefficient (Wildman–Crippen LogP) is 3.81. The third kappa shape index (κ3) is 16.9. The summed E-state index contributed by atoms with van der Waals surface area (Å²) in [5, 5.41) is 161. The highest BCUT2D eigenvalue weighted by molar-refractivity contribution is 5.80. The van der Waals surface area contributed by atoms with Gasteiger partial charge in [0, 0.05) is 6.42 Å². The number of unbranched alkanes of at least 4 members (excludes halogenated alkanes) is 9. The van der Waals surface area contributed by atoms with E-state index < -0.39 is 201 Å². The Morgan fingerprint density at radius 3 is 1.68 bits per heavy atom. The molecule has 103 heavy (non-hydrogen) atoms. The first-order valence-electron chi connectivity index (χ1n) is 38.6. The first-order valence-corrected chi connectivity index (χ1v) is 38.6. The second kappa shape index (κ2) is 34.0. The number of carbonyl (C=O) groups is 2. The molecule has 5 saturated heterocycles. The molecular formula is C76H126O27. The minimum Gasteiger partial charge on any atom is -0.481 e. The standard InChI is InChI=1S/C58H94O25.C18H32O2/c1-23-44(80-47-40(69)34(63)27(60)21-74-47)38(67)42(71)48(76-23)79-33-13-14-55(7)30(54(33,5)6)12-15-56(8)31(55)11-10-25-26-18-53(3,4)16-17-58(26,32(62)19-57(25,56)9)52(73)83-51-46(35(64)28(61)22-75-51)82-49-43(72)39(68)45(24(2)77-49)81-50-41(70)37(66)36(65)29(20-59)78-50;19-18(20)16-10-8-6-4-2-1-3-5-7-9-13-17-14-11-12-15-17/h10,23-24,26-51,59-72H,11-22H2,1-9H3;11,14,17H,1-10,12-13,15-16H2,(H,19,20). The maximum absolute atomic E-state index is 15.4. The van der Waals surface area contributed by atoms with Crippen molar-refractivity contribution in [1.82, 2.24) is 0 Å². The summed E-state index contributed by atoms with van der Waals surface area (Å²) in [7, 11) is 0. The van der Waals surface area contributed by atoms with Crippen molar-refractivity contribution in [3.05, 3.63) is 23.8 Å².